The van der Waals surface area contributed by atoms with Crippen molar-refractivity contribution in [3.05, 3.63) is 63.9 Å². The number of benzene rings is 1. The smallest absolute Gasteiger partial charge is 0.400 e. The molecule has 1 aliphatic heterocycles. The minimum Gasteiger partial charge on any atom is -0.400 e. The van der Waals surface area contributed by atoms with Crippen LogP contribution < -0.4 is 15.2 Å². The third kappa shape index (κ3) is 5.35. The standard InChI is InChI=1S/C20H22N8O4/c1-26(22-14-16-7-8-17(32-16)28(29)30)19-23-18(21-13-15-5-3-2-4-6-15)24-20(25-19)27-9-11-31-12-10-27/h2-8,14H,9-13H2,1H3,(H,21,23,24,25)/b22-14+. The average molecular weight is 438 g/mol. The summed E-state index contributed by atoms with van der Waals surface area (Å²) in [6, 6.07) is 12.7. The first-order valence-electron chi connectivity index (χ1n) is 9.97. The number of nitrogens with one attached hydrogen (secondary N) is 1. The summed E-state index contributed by atoms with van der Waals surface area (Å²) in [6.07, 6.45) is 1.36. The van der Waals surface area contributed by atoms with E-state index in [1.807, 2.05) is 35.2 Å². The molecule has 1 saturated heterocycles. The van der Waals surface area contributed by atoms with E-state index in [9.17, 15) is 10.1 Å². The molecule has 0 aliphatic carbocycles. The van der Waals surface area contributed by atoms with Gasteiger partial charge in [-0.05, 0) is 11.6 Å². The predicted molar refractivity (Wildman–Crippen MR) is 118 cm³/mol. The molecule has 0 atom stereocenters. The molecule has 3 aromatic rings. The van der Waals surface area contributed by atoms with Gasteiger partial charge >= 0.3 is 5.88 Å². The molecule has 2 aromatic heterocycles. The first-order chi connectivity index (χ1) is 15.6. The van der Waals surface area contributed by atoms with Crippen LogP contribution in [0, 0.1) is 10.1 Å². The summed E-state index contributed by atoms with van der Waals surface area (Å²) in [6.45, 7) is 3.09. The zero-order valence-electron chi connectivity index (χ0n) is 17.4. The van der Waals surface area contributed by atoms with E-state index >= 15 is 0 Å². The SMILES string of the molecule is CN(/N=C/c1ccc([N+](=O)[O-])o1)c1nc(NCc2ccccc2)nc(N2CCOCC2)n1. The molecule has 0 bridgehead atoms. The Morgan fingerprint density at radius 1 is 1.19 bits per heavy atom. The van der Waals surface area contributed by atoms with E-state index in [1.165, 1.54) is 23.4 Å². The van der Waals surface area contributed by atoms with Gasteiger partial charge in [-0.3, -0.25) is 10.1 Å². The third-order valence-electron chi connectivity index (χ3n) is 4.64. The Hall–Kier alpha value is -4.06. The fraction of sp³-hybridized carbons (Fsp3) is 0.300. The highest BCUT2D eigenvalue weighted by atomic mass is 16.6. The summed E-state index contributed by atoms with van der Waals surface area (Å²) >= 11 is 0. The van der Waals surface area contributed by atoms with Crippen molar-refractivity contribution in [2.75, 3.05) is 48.6 Å². The van der Waals surface area contributed by atoms with Crippen molar-refractivity contribution in [2.45, 2.75) is 6.54 Å². The van der Waals surface area contributed by atoms with Crippen molar-refractivity contribution in [3.63, 3.8) is 0 Å². The Labute approximate surface area is 183 Å². The van der Waals surface area contributed by atoms with E-state index in [0.717, 1.165) is 5.56 Å². The molecule has 32 heavy (non-hydrogen) atoms. The van der Waals surface area contributed by atoms with Crippen molar-refractivity contribution >= 4 is 29.9 Å². The van der Waals surface area contributed by atoms with Gasteiger partial charge in [0.15, 0.2) is 5.76 Å². The lowest BCUT2D eigenvalue weighted by Gasteiger charge is -2.27. The van der Waals surface area contributed by atoms with E-state index in [0.29, 0.717) is 50.7 Å². The molecule has 0 saturated carbocycles. The van der Waals surface area contributed by atoms with Crippen LogP contribution >= 0.6 is 0 Å². The molecule has 1 aliphatic rings. The molecule has 1 N–H and O–H groups in total. The monoisotopic (exact) mass is 438 g/mol. The summed E-state index contributed by atoms with van der Waals surface area (Å²) in [5.74, 6) is 1.14. The maximum absolute atomic E-state index is 10.8. The normalized spacial score (nSPS) is 14.0. The minimum atomic E-state index is -0.605. The molecule has 0 unspecified atom stereocenters. The fourth-order valence-electron chi connectivity index (χ4n) is 2.96. The molecule has 4 rings (SSSR count). The van der Waals surface area contributed by atoms with Crippen molar-refractivity contribution in [1.29, 1.82) is 0 Å². The van der Waals surface area contributed by atoms with Gasteiger partial charge in [0.2, 0.25) is 11.9 Å². The van der Waals surface area contributed by atoms with Crippen LogP contribution in [0.3, 0.4) is 0 Å². The summed E-state index contributed by atoms with van der Waals surface area (Å²) in [5.41, 5.74) is 1.09. The highest BCUT2D eigenvalue weighted by Crippen LogP contribution is 2.19. The van der Waals surface area contributed by atoms with Crippen LogP contribution in [0.15, 0.2) is 52.0 Å². The number of anilines is 3. The van der Waals surface area contributed by atoms with Crippen LogP contribution in [0.5, 0.6) is 0 Å². The molecule has 12 heteroatoms. The molecule has 1 aromatic carbocycles. The van der Waals surface area contributed by atoms with Gasteiger partial charge in [-0.15, -0.1) is 0 Å². The summed E-state index contributed by atoms with van der Waals surface area (Å²) < 4.78 is 10.5. The number of hydrazone groups is 1. The van der Waals surface area contributed by atoms with Crippen molar-refractivity contribution < 1.29 is 14.1 Å². The Morgan fingerprint density at radius 3 is 2.69 bits per heavy atom. The molecule has 0 amide bonds. The van der Waals surface area contributed by atoms with E-state index < -0.39 is 4.92 Å². The van der Waals surface area contributed by atoms with Crippen molar-refractivity contribution in [1.82, 2.24) is 15.0 Å². The second kappa shape index (κ2) is 9.83. The van der Waals surface area contributed by atoms with Crippen LogP contribution in [0.2, 0.25) is 0 Å². The number of ether oxygens (including phenoxy) is 1. The summed E-state index contributed by atoms with van der Waals surface area (Å²) in [7, 11) is 1.67. The van der Waals surface area contributed by atoms with Crippen molar-refractivity contribution in [3.8, 4) is 0 Å². The van der Waals surface area contributed by atoms with Crippen LogP contribution in [-0.2, 0) is 11.3 Å². The van der Waals surface area contributed by atoms with Gasteiger partial charge in [-0.2, -0.15) is 20.1 Å². The van der Waals surface area contributed by atoms with Crippen LogP contribution in [0.1, 0.15) is 11.3 Å². The number of nitrogens with zero attached hydrogens (tertiary/aromatic N) is 7. The number of nitro groups is 1. The number of hydrogen-bond donors (Lipinski definition) is 1. The molecule has 0 radical (unpaired) electrons. The average Bonchev–Trinajstić information content (AvgIpc) is 3.32. The van der Waals surface area contributed by atoms with Gasteiger partial charge in [-0.1, -0.05) is 30.3 Å². The van der Waals surface area contributed by atoms with E-state index in [-0.39, 0.29) is 11.6 Å². The quantitative estimate of drug-likeness (QED) is 0.317. The molecular formula is C20H22N8O4. The Morgan fingerprint density at radius 2 is 1.97 bits per heavy atom. The van der Waals surface area contributed by atoms with Gasteiger partial charge in [0.05, 0.1) is 25.5 Å². The predicted octanol–water partition coefficient (Wildman–Crippen LogP) is 2.29. The van der Waals surface area contributed by atoms with Gasteiger partial charge in [0, 0.05) is 26.7 Å². The second-order valence-electron chi connectivity index (χ2n) is 6.90. The summed E-state index contributed by atoms with van der Waals surface area (Å²) in [5, 5.41) is 19.7. The van der Waals surface area contributed by atoms with E-state index in [4.69, 9.17) is 9.15 Å². The lowest BCUT2D eigenvalue weighted by atomic mass is 10.2. The Bertz CT molecular complexity index is 1080. The maximum atomic E-state index is 10.8. The Kier molecular flexibility index (Phi) is 6.51. The molecular weight excluding hydrogens is 416 g/mol. The Balaban J connectivity index is 1.55. The minimum absolute atomic E-state index is 0.244. The number of furan rings is 1. The van der Waals surface area contributed by atoms with Crippen LogP contribution in [0.25, 0.3) is 0 Å². The number of hydrogen-bond acceptors (Lipinski definition) is 11. The van der Waals surface area contributed by atoms with Gasteiger partial charge in [0.1, 0.15) is 4.92 Å². The molecule has 12 nitrogen and oxygen atoms in total. The molecule has 166 valence electrons. The highest BCUT2D eigenvalue weighted by molar-refractivity contribution is 5.77. The first-order valence-corrected chi connectivity index (χ1v) is 9.97. The number of morpholine rings is 1. The summed E-state index contributed by atoms with van der Waals surface area (Å²) in [4.78, 5) is 25.8. The largest absolute Gasteiger partial charge is 0.433 e. The number of rotatable bonds is 8. The van der Waals surface area contributed by atoms with Crippen LogP contribution in [-0.4, -0.2) is 59.4 Å². The fourth-order valence-corrected chi connectivity index (χ4v) is 2.96. The second-order valence-corrected chi connectivity index (χ2v) is 6.90. The number of aromatic nitrogens is 3. The zero-order valence-corrected chi connectivity index (χ0v) is 17.4. The zero-order chi connectivity index (χ0) is 22.3. The molecule has 3 heterocycles. The maximum Gasteiger partial charge on any atom is 0.433 e. The lowest BCUT2D eigenvalue weighted by molar-refractivity contribution is -0.402. The van der Waals surface area contributed by atoms with Crippen molar-refractivity contribution in [2.24, 2.45) is 5.10 Å². The van der Waals surface area contributed by atoms with Gasteiger partial charge in [0.25, 0.3) is 5.95 Å². The highest BCUT2D eigenvalue weighted by Gasteiger charge is 2.18. The first kappa shape index (κ1) is 21.2. The van der Waals surface area contributed by atoms with E-state index in [1.54, 1.807) is 7.05 Å². The molecule has 0 spiro atoms. The third-order valence-corrected chi connectivity index (χ3v) is 4.64. The van der Waals surface area contributed by atoms with Crippen LogP contribution in [0.4, 0.5) is 23.7 Å². The topological polar surface area (TPSA) is 135 Å². The molecule has 1 fully saturated rings. The van der Waals surface area contributed by atoms with Gasteiger partial charge < -0.3 is 19.4 Å². The lowest BCUT2D eigenvalue weighted by Crippen LogP contribution is -2.37. The van der Waals surface area contributed by atoms with Gasteiger partial charge in [-0.25, -0.2) is 5.01 Å². The van der Waals surface area contributed by atoms with E-state index in [2.05, 4.69) is 25.4 Å².